The lowest BCUT2D eigenvalue weighted by Crippen LogP contribution is -2.39. The van der Waals surface area contributed by atoms with Gasteiger partial charge in [0.05, 0.1) is 18.0 Å². The minimum absolute atomic E-state index is 0.223. The molecule has 0 radical (unpaired) electrons. The Morgan fingerprint density at radius 1 is 1.43 bits per heavy atom. The smallest absolute Gasteiger partial charge is 0.148 e. The van der Waals surface area contributed by atoms with Gasteiger partial charge in [-0.2, -0.15) is 0 Å². The Bertz CT molecular complexity index is 301. The minimum Gasteiger partial charge on any atom is -0.373 e. The van der Waals surface area contributed by atoms with Crippen molar-refractivity contribution in [3.05, 3.63) is 0 Å². The van der Waals surface area contributed by atoms with Crippen LogP contribution in [0.3, 0.4) is 0 Å². The first-order valence-electron chi connectivity index (χ1n) is 5.11. The molecule has 2 rings (SSSR count). The molecule has 14 heavy (non-hydrogen) atoms. The molecule has 0 aliphatic carbocycles. The summed E-state index contributed by atoms with van der Waals surface area (Å²) in [5.74, 6) is 0.223. The molecule has 2 saturated heterocycles. The SMILES string of the molecule is CS(=O)(=O)CCNC1CC2CCC1O2. The zero-order chi connectivity index (χ0) is 10.2. The summed E-state index contributed by atoms with van der Waals surface area (Å²) in [5, 5.41) is 3.27. The molecule has 0 amide bonds. The van der Waals surface area contributed by atoms with Gasteiger partial charge in [0, 0.05) is 18.8 Å². The first kappa shape index (κ1) is 10.4. The van der Waals surface area contributed by atoms with E-state index in [9.17, 15) is 8.42 Å². The summed E-state index contributed by atoms with van der Waals surface area (Å²) in [7, 11) is -2.83. The van der Waals surface area contributed by atoms with E-state index in [2.05, 4.69) is 5.32 Å². The van der Waals surface area contributed by atoms with Crippen molar-refractivity contribution in [2.75, 3.05) is 18.6 Å². The number of rotatable bonds is 4. The van der Waals surface area contributed by atoms with Crippen LogP contribution in [0.2, 0.25) is 0 Å². The maximum atomic E-state index is 10.9. The van der Waals surface area contributed by atoms with Crippen LogP contribution in [0.5, 0.6) is 0 Å². The molecule has 2 heterocycles. The van der Waals surface area contributed by atoms with Gasteiger partial charge in [0.1, 0.15) is 9.84 Å². The molecule has 0 aromatic heterocycles. The van der Waals surface area contributed by atoms with Crippen molar-refractivity contribution in [1.29, 1.82) is 0 Å². The highest BCUT2D eigenvalue weighted by Crippen LogP contribution is 2.34. The normalized spacial score (nSPS) is 36.5. The molecule has 1 N–H and O–H groups in total. The van der Waals surface area contributed by atoms with Gasteiger partial charge in [0.15, 0.2) is 0 Å². The van der Waals surface area contributed by atoms with E-state index in [4.69, 9.17) is 4.74 Å². The lowest BCUT2D eigenvalue weighted by atomic mass is 9.96. The lowest BCUT2D eigenvalue weighted by molar-refractivity contribution is 0.0977. The summed E-state index contributed by atoms with van der Waals surface area (Å²) >= 11 is 0. The Balaban J connectivity index is 1.72. The average Bonchev–Trinajstić information content (AvgIpc) is 2.62. The fourth-order valence-corrected chi connectivity index (χ4v) is 2.77. The van der Waals surface area contributed by atoms with Gasteiger partial charge in [0.2, 0.25) is 0 Å². The molecule has 0 spiro atoms. The molecule has 82 valence electrons. The lowest BCUT2D eigenvalue weighted by Gasteiger charge is -2.19. The zero-order valence-corrected chi connectivity index (χ0v) is 9.22. The van der Waals surface area contributed by atoms with Crippen molar-refractivity contribution in [2.24, 2.45) is 0 Å². The van der Waals surface area contributed by atoms with Crippen molar-refractivity contribution in [3.63, 3.8) is 0 Å². The largest absolute Gasteiger partial charge is 0.373 e. The minimum atomic E-state index is -2.83. The van der Waals surface area contributed by atoms with Crippen LogP contribution in [0.25, 0.3) is 0 Å². The Morgan fingerprint density at radius 3 is 2.71 bits per heavy atom. The van der Waals surface area contributed by atoms with Crippen molar-refractivity contribution < 1.29 is 13.2 Å². The maximum Gasteiger partial charge on any atom is 0.148 e. The van der Waals surface area contributed by atoms with Crippen LogP contribution >= 0.6 is 0 Å². The fraction of sp³-hybridized carbons (Fsp3) is 1.00. The molecule has 0 aromatic carbocycles. The van der Waals surface area contributed by atoms with E-state index in [1.807, 2.05) is 0 Å². The second-order valence-corrected chi connectivity index (χ2v) is 6.56. The van der Waals surface area contributed by atoms with Crippen LogP contribution in [0, 0.1) is 0 Å². The summed E-state index contributed by atoms with van der Waals surface area (Å²) in [5.41, 5.74) is 0. The van der Waals surface area contributed by atoms with Crippen LogP contribution in [0.4, 0.5) is 0 Å². The molecule has 2 bridgehead atoms. The average molecular weight is 219 g/mol. The van der Waals surface area contributed by atoms with E-state index in [0.29, 0.717) is 24.8 Å². The molecule has 2 aliphatic heterocycles. The second kappa shape index (κ2) is 3.79. The van der Waals surface area contributed by atoms with Crippen molar-refractivity contribution in [1.82, 2.24) is 5.32 Å². The number of sulfone groups is 1. The van der Waals surface area contributed by atoms with E-state index in [1.165, 1.54) is 12.7 Å². The van der Waals surface area contributed by atoms with Gasteiger partial charge >= 0.3 is 0 Å². The predicted octanol–water partition coefficient (Wildman–Crippen LogP) is -0.0595. The summed E-state index contributed by atoms with van der Waals surface area (Å²) in [6.45, 7) is 0.552. The summed E-state index contributed by atoms with van der Waals surface area (Å²) in [4.78, 5) is 0. The van der Waals surface area contributed by atoms with Gasteiger partial charge < -0.3 is 10.1 Å². The van der Waals surface area contributed by atoms with Crippen LogP contribution in [0.1, 0.15) is 19.3 Å². The molecule has 0 aromatic rings. The molecule has 0 saturated carbocycles. The van der Waals surface area contributed by atoms with Crippen molar-refractivity contribution >= 4 is 9.84 Å². The Morgan fingerprint density at radius 2 is 2.21 bits per heavy atom. The molecule has 2 fully saturated rings. The highest BCUT2D eigenvalue weighted by Gasteiger charge is 2.40. The standard InChI is InChI=1S/C9H17NO3S/c1-14(11,12)5-4-10-8-6-7-2-3-9(8)13-7/h7-10H,2-6H2,1H3. The van der Waals surface area contributed by atoms with Crippen molar-refractivity contribution in [3.8, 4) is 0 Å². The van der Waals surface area contributed by atoms with Gasteiger partial charge in [-0.25, -0.2) is 8.42 Å². The van der Waals surface area contributed by atoms with Gasteiger partial charge in [-0.05, 0) is 19.3 Å². The van der Waals surface area contributed by atoms with Gasteiger partial charge in [0.25, 0.3) is 0 Å². The molecular formula is C9H17NO3S. The Labute approximate surface area is 84.9 Å². The highest BCUT2D eigenvalue weighted by molar-refractivity contribution is 7.90. The number of hydrogen-bond donors (Lipinski definition) is 1. The maximum absolute atomic E-state index is 10.9. The summed E-state index contributed by atoms with van der Waals surface area (Å²) in [6, 6.07) is 0.385. The topological polar surface area (TPSA) is 55.4 Å². The highest BCUT2D eigenvalue weighted by atomic mass is 32.2. The van der Waals surface area contributed by atoms with Gasteiger partial charge in [-0.3, -0.25) is 0 Å². The van der Waals surface area contributed by atoms with Crippen LogP contribution in [-0.4, -0.2) is 45.2 Å². The van der Waals surface area contributed by atoms with Crippen molar-refractivity contribution in [2.45, 2.75) is 37.5 Å². The Kier molecular flexibility index (Phi) is 2.81. The quantitative estimate of drug-likeness (QED) is 0.720. The van der Waals surface area contributed by atoms with Crippen LogP contribution < -0.4 is 5.32 Å². The number of nitrogens with one attached hydrogen (secondary N) is 1. The third-order valence-corrected chi connectivity index (χ3v) is 3.93. The number of ether oxygens (including phenoxy) is 1. The third-order valence-electron chi connectivity index (χ3n) is 2.99. The summed E-state index contributed by atoms with van der Waals surface area (Å²) in [6.07, 6.45) is 5.38. The summed E-state index contributed by atoms with van der Waals surface area (Å²) < 4.78 is 27.4. The molecule has 5 heteroatoms. The first-order chi connectivity index (χ1) is 6.54. The van der Waals surface area contributed by atoms with E-state index in [1.54, 1.807) is 0 Å². The molecule has 4 nitrogen and oxygen atoms in total. The monoisotopic (exact) mass is 219 g/mol. The fourth-order valence-electron chi connectivity index (χ4n) is 2.28. The molecular weight excluding hydrogens is 202 g/mol. The molecule has 2 aliphatic rings. The Hall–Kier alpha value is -0.130. The van der Waals surface area contributed by atoms with E-state index in [0.717, 1.165) is 12.8 Å². The van der Waals surface area contributed by atoms with E-state index >= 15 is 0 Å². The van der Waals surface area contributed by atoms with E-state index < -0.39 is 9.84 Å². The predicted molar refractivity (Wildman–Crippen MR) is 54.0 cm³/mol. The van der Waals surface area contributed by atoms with Crippen LogP contribution in [0.15, 0.2) is 0 Å². The molecule has 3 atom stereocenters. The van der Waals surface area contributed by atoms with E-state index in [-0.39, 0.29) is 5.75 Å². The number of hydrogen-bond acceptors (Lipinski definition) is 4. The third kappa shape index (κ3) is 2.46. The van der Waals surface area contributed by atoms with Gasteiger partial charge in [-0.1, -0.05) is 0 Å². The zero-order valence-electron chi connectivity index (χ0n) is 8.40. The first-order valence-corrected chi connectivity index (χ1v) is 7.17. The number of fused-ring (bicyclic) bond motifs is 2. The second-order valence-electron chi connectivity index (χ2n) is 4.30. The van der Waals surface area contributed by atoms with Crippen LogP contribution in [-0.2, 0) is 14.6 Å². The van der Waals surface area contributed by atoms with Gasteiger partial charge in [-0.15, -0.1) is 0 Å². The molecule has 3 unspecified atom stereocenters.